The van der Waals surface area contributed by atoms with Crippen LogP contribution < -0.4 is 0 Å². The molecular formula is C18H10N2. The monoisotopic (exact) mass is 254 g/mol. The topological polar surface area (TPSA) is 25.8 Å². The fourth-order valence-corrected chi connectivity index (χ4v) is 3.32. The van der Waals surface area contributed by atoms with Crippen LogP contribution in [0.25, 0.3) is 43.2 Å². The highest BCUT2D eigenvalue weighted by Gasteiger charge is 2.12. The van der Waals surface area contributed by atoms with E-state index in [1.807, 2.05) is 6.20 Å². The van der Waals surface area contributed by atoms with Gasteiger partial charge in [-0.25, -0.2) is 9.97 Å². The summed E-state index contributed by atoms with van der Waals surface area (Å²) in [4.78, 5) is 8.73. The second kappa shape index (κ2) is 3.42. The summed E-state index contributed by atoms with van der Waals surface area (Å²) in [5, 5.41) is 8.76. The number of rotatable bonds is 0. The molecule has 4 aromatic carbocycles. The Labute approximate surface area is 115 Å². The Morgan fingerprint density at radius 1 is 0.650 bits per heavy atom. The molecule has 20 heavy (non-hydrogen) atoms. The highest BCUT2D eigenvalue weighted by atomic mass is 14.8. The first-order valence-electron chi connectivity index (χ1n) is 6.69. The summed E-state index contributed by atoms with van der Waals surface area (Å²) in [6.07, 6.45) is 3.55. The van der Waals surface area contributed by atoms with Gasteiger partial charge in [0.05, 0.1) is 5.52 Å². The first-order chi connectivity index (χ1) is 9.93. The zero-order valence-electron chi connectivity index (χ0n) is 10.7. The molecule has 0 saturated carbocycles. The van der Waals surface area contributed by atoms with Gasteiger partial charge < -0.3 is 0 Å². The summed E-state index contributed by atoms with van der Waals surface area (Å²) < 4.78 is 0. The van der Waals surface area contributed by atoms with E-state index in [1.165, 1.54) is 32.3 Å². The Kier molecular flexibility index (Phi) is 1.73. The number of hydrogen-bond acceptors (Lipinski definition) is 2. The van der Waals surface area contributed by atoms with Crippen LogP contribution in [0.15, 0.2) is 61.1 Å². The predicted molar refractivity (Wildman–Crippen MR) is 83.2 cm³/mol. The van der Waals surface area contributed by atoms with Gasteiger partial charge in [0.15, 0.2) is 0 Å². The number of nitrogens with zero attached hydrogens (tertiary/aromatic N) is 2. The molecule has 5 aromatic rings. The van der Waals surface area contributed by atoms with Crippen molar-refractivity contribution in [1.29, 1.82) is 0 Å². The minimum Gasteiger partial charge on any atom is -0.244 e. The van der Waals surface area contributed by atoms with Crippen LogP contribution in [0.3, 0.4) is 0 Å². The molecule has 1 aromatic heterocycles. The van der Waals surface area contributed by atoms with Crippen molar-refractivity contribution in [3.05, 3.63) is 61.1 Å². The van der Waals surface area contributed by atoms with E-state index in [1.54, 1.807) is 6.33 Å². The highest BCUT2D eigenvalue weighted by Crippen LogP contribution is 2.39. The zero-order valence-corrected chi connectivity index (χ0v) is 10.7. The molecule has 0 aliphatic heterocycles. The van der Waals surface area contributed by atoms with E-state index in [9.17, 15) is 0 Å². The van der Waals surface area contributed by atoms with Crippen molar-refractivity contribution in [2.75, 3.05) is 0 Å². The van der Waals surface area contributed by atoms with E-state index in [0.29, 0.717) is 0 Å². The van der Waals surface area contributed by atoms with Crippen molar-refractivity contribution < 1.29 is 0 Å². The number of fused-ring (bicyclic) bond motifs is 3. The molecule has 5 rings (SSSR count). The number of aromatic nitrogens is 2. The molecule has 0 spiro atoms. The second-order valence-electron chi connectivity index (χ2n) is 5.16. The van der Waals surface area contributed by atoms with Gasteiger partial charge in [-0.2, -0.15) is 0 Å². The molecule has 0 unspecified atom stereocenters. The molecule has 0 aliphatic rings. The average molecular weight is 254 g/mol. The molecule has 0 atom stereocenters. The van der Waals surface area contributed by atoms with Gasteiger partial charge in [-0.1, -0.05) is 48.5 Å². The molecule has 1 heterocycles. The zero-order chi connectivity index (χ0) is 13.1. The van der Waals surface area contributed by atoms with Crippen molar-refractivity contribution in [3.8, 4) is 0 Å². The molecule has 0 radical (unpaired) electrons. The van der Waals surface area contributed by atoms with Crippen molar-refractivity contribution in [2.24, 2.45) is 0 Å². The molecule has 92 valence electrons. The highest BCUT2D eigenvalue weighted by molar-refractivity contribution is 6.32. The third-order valence-electron chi connectivity index (χ3n) is 4.14. The maximum atomic E-state index is 4.52. The van der Waals surface area contributed by atoms with Gasteiger partial charge in [0.1, 0.15) is 6.33 Å². The third-order valence-corrected chi connectivity index (χ3v) is 4.14. The Morgan fingerprint density at radius 3 is 2.15 bits per heavy atom. The Hall–Kier alpha value is -2.74. The van der Waals surface area contributed by atoms with Crippen LogP contribution in [0, 0.1) is 0 Å². The van der Waals surface area contributed by atoms with Gasteiger partial charge in [-0.3, -0.25) is 0 Å². The Bertz CT molecular complexity index is 1010. The lowest BCUT2D eigenvalue weighted by Gasteiger charge is -2.13. The summed E-state index contributed by atoms with van der Waals surface area (Å²) >= 11 is 0. The van der Waals surface area contributed by atoms with Gasteiger partial charge in [0, 0.05) is 17.0 Å². The van der Waals surface area contributed by atoms with E-state index < -0.39 is 0 Å². The quantitative estimate of drug-likeness (QED) is 0.300. The third kappa shape index (κ3) is 1.09. The van der Waals surface area contributed by atoms with Crippen LogP contribution in [0.5, 0.6) is 0 Å². The van der Waals surface area contributed by atoms with E-state index in [4.69, 9.17) is 0 Å². The molecule has 0 aliphatic carbocycles. The van der Waals surface area contributed by atoms with Crippen molar-refractivity contribution in [1.82, 2.24) is 9.97 Å². The maximum Gasteiger partial charge on any atom is 0.116 e. The van der Waals surface area contributed by atoms with E-state index in [0.717, 1.165) is 10.9 Å². The fourth-order valence-electron chi connectivity index (χ4n) is 3.32. The molecule has 0 amide bonds. The average Bonchev–Trinajstić information content (AvgIpc) is 2.53. The normalized spacial score (nSPS) is 12.0. The minimum absolute atomic E-state index is 1.04. The van der Waals surface area contributed by atoms with Crippen molar-refractivity contribution in [2.45, 2.75) is 0 Å². The van der Waals surface area contributed by atoms with E-state index in [2.05, 4.69) is 58.5 Å². The Balaban J connectivity index is 2.33. The lowest BCUT2D eigenvalue weighted by Crippen LogP contribution is -1.89. The standard InChI is InChI=1S/C18H10N2/c1-3-11-7-8-12-4-2-6-14-17(12)16(11)13(5-1)15-9-19-10-20-18(14)15/h1-10H. The van der Waals surface area contributed by atoms with Gasteiger partial charge in [0.2, 0.25) is 0 Å². The van der Waals surface area contributed by atoms with Crippen LogP contribution in [0.4, 0.5) is 0 Å². The van der Waals surface area contributed by atoms with E-state index in [-0.39, 0.29) is 0 Å². The summed E-state index contributed by atoms with van der Waals surface area (Å²) in [5.41, 5.74) is 1.04. The smallest absolute Gasteiger partial charge is 0.116 e. The van der Waals surface area contributed by atoms with Crippen LogP contribution in [-0.4, -0.2) is 9.97 Å². The summed E-state index contributed by atoms with van der Waals surface area (Å²) in [6, 6.07) is 17.3. The first kappa shape index (κ1) is 10.1. The van der Waals surface area contributed by atoms with Gasteiger partial charge in [-0.05, 0) is 26.9 Å². The fraction of sp³-hybridized carbons (Fsp3) is 0. The molecule has 2 heteroatoms. The maximum absolute atomic E-state index is 4.52. The summed E-state index contributed by atoms with van der Waals surface area (Å²) in [6.45, 7) is 0. The van der Waals surface area contributed by atoms with Crippen LogP contribution in [-0.2, 0) is 0 Å². The SMILES string of the molecule is c1cc2ccc3cccc4c5ncncc5c(c1)c2c34. The van der Waals surface area contributed by atoms with Crippen LogP contribution >= 0.6 is 0 Å². The van der Waals surface area contributed by atoms with Crippen LogP contribution in [0.2, 0.25) is 0 Å². The predicted octanol–water partition coefficient (Wildman–Crippen LogP) is 4.53. The number of benzene rings is 4. The second-order valence-corrected chi connectivity index (χ2v) is 5.16. The van der Waals surface area contributed by atoms with Crippen molar-refractivity contribution >= 4 is 43.2 Å². The first-order valence-corrected chi connectivity index (χ1v) is 6.69. The van der Waals surface area contributed by atoms with Crippen molar-refractivity contribution in [3.63, 3.8) is 0 Å². The van der Waals surface area contributed by atoms with Gasteiger partial charge in [0.25, 0.3) is 0 Å². The Morgan fingerprint density at radius 2 is 1.35 bits per heavy atom. The molecular weight excluding hydrogens is 244 g/mol. The minimum atomic E-state index is 1.04. The summed E-state index contributed by atoms with van der Waals surface area (Å²) in [5.74, 6) is 0. The van der Waals surface area contributed by atoms with Gasteiger partial charge in [-0.15, -0.1) is 0 Å². The molecule has 0 saturated heterocycles. The molecule has 0 N–H and O–H groups in total. The van der Waals surface area contributed by atoms with Crippen LogP contribution in [0.1, 0.15) is 0 Å². The largest absolute Gasteiger partial charge is 0.244 e. The summed E-state index contributed by atoms with van der Waals surface area (Å²) in [7, 11) is 0. The lowest BCUT2D eigenvalue weighted by atomic mass is 9.92. The molecule has 0 bridgehead atoms. The lowest BCUT2D eigenvalue weighted by molar-refractivity contribution is 1.23. The molecule has 0 fully saturated rings. The number of hydrogen-bond donors (Lipinski definition) is 0. The molecule has 2 nitrogen and oxygen atoms in total. The van der Waals surface area contributed by atoms with Gasteiger partial charge >= 0.3 is 0 Å². The van der Waals surface area contributed by atoms with E-state index >= 15 is 0 Å².